The maximum absolute atomic E-state index is 6.02. The highest BCUT2D eigenvalue weighted by molar-refractivity contribution is 5.90. The lowest BCUT2D eigenvalue weighted by Crippen LogP contribution is -2.05. The number of fused-ring (bicyclic) bond motifs is 1. The molecule has 0 aliphatic rings. The predicted octanol–water partition coefficient (Wildman–Crippen LogP) is 2.03. The molecule has 0 aliphatic carbocycles. The van der Waals surface area contributed by atoms with Gasteiger partial charge in [0.15, 0.2) is 0 Å². The highest BCUT2D eigenvalue weighted by Crippen LogP contribution is 2.28. The fraction of sp³-hybridized carbons (Fsp3) is 0.400. The summed E-state index contributed by atoms with van der Waals surface area (Å²) in [5, 5.41) is 5.44. The first-order chi connectivity index (χ1) is 9.91. The van der Waals surface area contributed by atoms with E-state index in [1.807, 2.05) is 18.7 Å². The van der Waals surface area contributed by atoms with Gasteiger partial charge in [-0.3, -0.25) is 4.68 Å². The Morgan fingerprint density at radius 2 is 1.81 bits per heavy atom. The van der Waals surface area contributed by atoms with Crippen molar-refractivity contribution in [2.24, 2.45) is 7.05 Å². The van der Waals surface area contributed by atoms with Crippen LogP contribution in [0.1, 0.15) is 28.2 Å². The van der Waals surface area contributed by atoms with E-state index in [1.165, 1.54) is 23.3 Å². The van der Waals surface area contributed by atoms with E-state index in [2.05, 4.69) is 40.4 Å². The van der Waals surface area contributed by atoms with Gasteiger partial charge >= 0.3 is 0 Å². The number of rotatable bonds is 2. The second-order valence-electron chi connectivity index (χ2n) is 5.53. The Labute approximate surface area is 123 Å². The summed E-state index contributed by atoms with van der Waals surface area (Å²) in [7, 11) is 1.97. The van der Waals surface area contributed by atoms with Crippen molar-refractivity contribution >= 4 is 16.9 Å². The van der Waals surface area contributed by atoms with Gasteiger partial charge in [0.05, 0.1) is 17.6 Å². The number of hydrogen-bond donors (Lipinski definition) is 1. The van der Waals surface area contributed by atoms with Crippen LogP contribution in [0.5, 0.6) is 0 Å². The quantitative estimate of drug-likeness (QED) is 0.781. The van der Waals surface area contributed by atoms with Gasteiger partial charge in [0.25, 0.3) is 0 Å². The molecule has 3 rings (SSSR count). The first kappa shape index (κ1) is 13.6. The van der Waals surface area contributed by atoms with Gasteiger partial charge in [-0.1, -0.05) is 0 Å². The molecule has 0 spiro atoms. The predicted molar refractivity (Wildman–Crippen MR) is 83.2 cm³/mol. The molecule has 0 radical (unpaired) electrons. The maximum atomic E-state index is 6.02. The molecular formula is C15H20N6. The van der Waals surface area contributed by atoms with Crippen molar-refractivity contribution in [1.29, 1.82) is 0 Å². The first-order valence-electron chi connectivity index (χ1n) is 6.96. The van der Waals surface area contributed by atoms with Gasteiger partial charge in [-0.05, 0) is 33.3 Å². The molecule has 3 aromatic rings. The largest absolute Gasteiger partial charge is 0.383 e. The molecule has 0 bridgehead atoms. The van der Waals surface area contributed by atoms with Crippen molar-refractivity contribution in [2.75, 3.05) is 5.73 Å². The SMILES string of the molecule is Cc1nn(C)c(C)c1Cn1c(C)c(C)c2c(N)ncnc21. The van der Waals surface area contributed by atoms with E-state index < -0.39 is 0 Å². The van der Waals surface area contributed by atoms with Crippen LogP contribution >= 0.6 is 0 Å². The van der Waals surface area contributed by atoms with Crippen LogP contribution < -0.4 is 5.73 Å². The molecule has 3 aromatic heterocycles. The van der Waals surface area contributed by atoms with Gasteiger partial charge in [-0.25, -0.2) is 9.97 Å². The third kappa shape index (κ3) is 1.90. The van der Waals surface area contributed by atoms with Gasteiger partial charge in [-0.15, -0.1) is 0 Å². The van der Waals surface area contributed by atoms with E-state index >= 15 is 0 Å². The number of hydrogen-bond acceptors (Lipinski definition) is 4. The minimum Gasteiger partial charge on any atom is -0.383 e. The first-order valence-corrected chi connectivity index (χ1v) is 6.96. The Hall–Kier alpha value is -2.37. The number of aryl methyl sites for hydroxylation is 3. The molecule has 0 amide bonds. The molecule has 2 N–H and O–H groups in total. The fourth-order valence-corrected chi connectivity index (χ4v) is 2.89. The molecule has 21 heavy (non-hydrogen) atoms. The van der Waals surface area contributed by atoms with Crippen molar-refractivity contribution < 1.29 is 0 Å². The Bertz CT molecular complexity index is 840. The molecule has 110 valence electrons. The third-order valence-corrected chi connectivity index (χ3v) is 4.41. The van der Waals surface area contributed by atoms with E-state index in [-0.39, 0.29) is 0 Å². The average molecular weight is 284 g/mol. The zero-order valence-corrected chi connectivity index (χ0v) is 13.1. The number of nitrogen functional groups attached to an aromatic ring is 1. The molecule has 6 nitrogen and oxygen atoms in total. The van der Waals surface area contributed by atoms with Crippen LogP contribution in [0, 0.1) is 27.7 Å². The van der Waals surface area contributed by atoms with Gasteiger partial charge in [-0.2, -0.15) is 5.10 Å². The monoisotopic (exact) mass is 284 g/mol. The Balaban J connectivity index is 2.22. The van der Waals surface area contributed by atoms with E-state index in [1.54, 1.807) is 0 Å². The standard InChI is InChI=1S/C15H20N6/c1-8-10(3)21(15-13(8)14(16)17-7-18-15)6-12-9(2)19-20(5)11(12)4/h7H,6H2,1-5H3,(H2,16,17,18). The van der Waals surface area contributed by atoms with E-state index in [9.17, 15) is 0 Å². The van der Waals surface area contributed by atoms with Gasteiger partial charge in [0, 0.05) is 24.0 Å². The summed E-state index contributed by atoms with van der Waals surface area (Å²) in [6, 6.07) is 0. The van der Waals surface area contributed by atoms with Crippen LogP contribution in [0.15, 0.2) is 6.33 Å². The number of anilines is 1. The minimum atomic E-state index is 0.541. The summed E-state index contributed by atoms with van der Waals surface area (Å²) in [6.45, 7) is 9.04. The van der Waals surface area contributed by atoms with Crippen LogP contribution in [0.4, 0.5) is 5.82 Å². The Morgan fingerprint density at radius 1 is 1.10 bits per heavy atom. The number of nitrogens with zero attached hydrogens (tertiary/aromatic N) is 5. The summed E-state index contributed by atoms with van der Waals surface area (Å²) in [5.41, 5.74) is 12.7. The molecule has 0 unspecified atom stereocenters. The molecule has 0 fully saturated rings. The summed E-state index contributed by atoms with van der Waals surface area (Å²) >= 11 is 0. The lowest BCUT2D eigenvalue weighted by molar-refractivity contribution is 0.726. The molecule has 0 aromatic carbocycles. The zero-order valence-electron chi connectivity index (χ0n) is 13.1. The molecule has 0 saturated heterocycles. The molecule has 3 heterocycles. The van der Waals surface area contributed by atoms with Crippen molar-refractivity contribution in [3.8, 4) is 0 Å². The van der Waals surface area contributed by atoms with Gasteiger partial charge in [0.2, 0.25) is 0 Å². The van der Waals surface area contributed by atoms with Crippen molar-refractivity contribution in [3.05, 3.63) is 34.5 Å². The molecule has 6 heteroatoms. The Kier molecular flexibility index (Phi) is 2.97. The van der Waals surface area contributed by atoms with Crippen LogP contribution in [-0.4, -0.2) is 24.3 Å². The summed E-state index contributed by atoms with van der Waals surface area (Å²) in [6.07, 6.45) is 1.52. The third-order valence-electron chi connectivity index (χ3n) is 4.41. The number of aromatic nitrogens is 5. The fourth-order valence-electron chi connectivity index (χ4n) is 2.89. The van der Waals surface area contributed by atoms with E-state index in [0.29, 0.717) is 5.82 Å². The topological polar surface area (TPSA) is 74.5 Å². The molecule has 0 saturated carbocycles. The Morgan fingerprint density at radius 3 is 2.43 bits per heavy atom. The van der Waals surface area contributed by atoms with E-state index in [4.69, 9.17) is 5.73 Å². The van der Waals surface area contributed by atoms with Gasteiger partial charge in [0.1, 0.15) is 17.8 Å². The lowest BCUT2D eigenvalue weighted by atomic mass is 10.2. The molecule has 0 atom stereocenters. The molecule has 0 aliphatic heterocycles. The number of nitrogens with two attached hydrogens (primary N) is 1. The minimum absolute atomic E-state index is 0.541. The average Bonchev–Trinajstić information content (AvgIpc) is 2.82. The van der Waals surface area contributed by atoms with Crippen molar-refractivity contribution in [1.82, 2.24) is 24.3 Å². The maximum Gasteiger partial charge on any atom is 0.146 e. The second-order valence-corrected chi connectivity index (χ2v) is 5.53. The van der Waals surface area contributed by atoms with Crippen molar-refractivity contribution in [2.45, 2.75) is 34.2 Å². The van der Waals surface area contributed by atoms with Crippen LogP contribution in [0.3, 0.4) is 0 Å². The van der Waals surface area contributed by atoms with Crippen LogP contribution in [-0.2, 0) is 13.6 Å². The smallest absolute Gasteiger partial charge is 0.146 e. The van der Waals surface area contributed by atoms with Gasteiger partial charge < -0.3 is 10.3 Å². The van der Waals surface area contributed by atoms with Crippen molar-refractivity contribution in [3.63, 3.8) is 0 Å². The zero-order chi connectivity index (χ0) is 15.3. The molecular weight excluding hydrogens is 264 g/mol. The lowest BCUT2D eigenvalue weighted by Gasteiger charge is -2.08. The van der Waals surface area contributed by atoms with Crippen LogP contribution in [0.2, 0.25) is 0 Å². The highest BCUT2D eigenvalue weighted by Gasteiger charge is 2.18. The summed E-state index contributed by atoms with van der Waals surface area (Å²) in [4.78, 5) is 8.54. The second kappa shape index (κ2) is 4.58. The highest BCUT2D eigenvalue weighted by atomic mass is 15.3. The van der Waals surface area contributed by atoms with E-state index in [0.717, 1.165) is 28.8 Å². The normalized spacial score (nSPS) is 11.5. The summed E-state index contributed by atoms with van der Waals surface area (Å²) < 4.78 is 4.11. The summed E-state index contributed by atoms with van der Waals surface area (Å²) in [5.74, 6) is 0.541. The van der Waals surface area contributed by atoms with Crippen LogP contribution in [0.25, 0.3) is 11.0 Å².